The number of aryl methyl sites for hydroxylation is 1. The minimum absolute atomic E-state index is 0.210. The van der Waals surface area contributed by atoms with Crippen LogP contribution in [0, 0.1) is 18.3 Å². The number of rotatable bonds is 19. The number of nitrogens with one attached hydrogen (secondary N) is 1. The normalized spacial score (nSPS) is 17.1. The SMILES string of the molecule is CC(C)N(C(C)C)P(O)OCCC#N.Cc1cn([C@H]2C[C@H](S)[C@@H](C(Cc3ccccc3)OCc3cc(OCc4ccccc4)cc(OCc4ccccc4)c3)O2)c(=O)[nH]c1=O. The molecule has 0 amide bonds. The first kappa shape index (κ1) is 47.3. The maximum atomic E-state index is 12.7. The quantitative estimate of drug-likeness (QED) is 0.0419. The van der Waals surface area contributed by atoms with Crippen LogP contribution in [-0.2, 0) is 40.2 Å². The number of thiol groups is 1. The second kappa shape index (κ2) is 24.0. The summed E-state index contributed by atoms with van der Waals surface area (Å²) in [5.74, 6) is 1.35. The zero-order chi connectivity index (χ0) is 43.7. The Balaban J connectivity index is 0.000000432. The van der Waals surface area contributed by atoms with Crippen LogP contribution in [0.4, 0.5) is 0 Å². The first-order valence-corrected chi connectivity index (χ1v) is 22.2. The molecule has 324 valence electrons. The van der Waals surface area contributed by atoms with E-state index in [0.717, 1.165) is 22.3 Å². The lowest BCUT2D eigenvalue weighted by Crippen LogP contribution is -2.37. The second-order valence-corrected chi connectivity index (χ2v) is 17.2. The van der Waals surface area contributed by atoms with Gasteiger partial charge in [-0.15, -0.1) is 0 Å². The average Bonchev–Trinajstić information content (AvgIpc) is 3.64. The van der Waals surface area contributed by atoms with Gasteiger partial charge in [0, 0.05) is 48.0 Å². The van der Waals surface area contributed by atoms with Crippen molar-refractivity contribution in [2.75, 3.05) is 6.61 Å². The second-order valence-electron chi connectivity index (χ2n) is 15.3. The van der Waals surface area contributed by atoms with E-state index < -0.39 is 32.1 Å². The number of nitrogens with zero attached hydrogens (tertiary/aromatic N) is 3. The molecule has 14 heteroatoms. The lowest BCUT2D eigenvalue weighted by molar-refractivity contribution is -0.0909. The molecule has 2 unspecified atom stereocenters. The molecule has 6 rings (SSSR count). The molecule has 12 nitrogen and oxygen atoms in total. The summed E-state index contributed by atoms with van der Waals surface area (Å²) < 4.78 is 34.1. The van der Waals surface area contributed by atoms with E-state index in [1.807, 2.05) is 135 Å². The van der Waals surface area contributed by atoms with Crippen molar-refractivity contribution in [2.45, 2.75) is 109 Å². The van der Waals surface area contributed by atoms with Crippen LogP contribution < -0.4 is 20.7 Å². The summed E-state index contributed by atoms with van der Waals surface area (Å²) in [5.41, 5.74) is 3.62. The van der Waals surface area contributed by atoms with Crippen LogP contribution in [-0.4, -0.2) is 55.3 Å². The monoisotopic (exact) mass is 868 g/mol. The Kier molecular flexibility index (Phi) is 18.6. The maximum absolute atomic E-state index is 12.7. The number of aromatic amines is 1. The molecule has 2 heterocycles. The smallest absolute Gasteiger partial charge is 0.330 e. The van der Waals surface area contributed by atoms with Gasteiger partial charge in [-0.2, -0.15) is 17.9 Å². The lowest BCUT2D eigenvalue weighted by atomic mass is 10.0. The highest BCUT2D eigenvalue weighted by molar-refractivity contribution is 7.81. The summed E-state index contributed by atoms with van der Waals surface area (Å²) in [6.07, 6.45) is 1.54. The van der Waals surface area contributed by atoms with E-state index in [4.69, 9.17) is 41.4 Å². The molecule has 1 aliphatic heterocycles. The van der Waals surface area contributed by atoms with E-state index in [9.17, 15) is 14.5 Å². The third kappa shape index (κ3) is 14.7. The highest BCUT2D eigenvalue weighted by Gasteiger charge is 2.40. The van der Waals surface area contributed by atoms with Crippen molar-refractivity contribution < 1.29 is 28.4 Å². The van der Waals surface area contributed by atoms with Crippen molar-refractivity contribution in [1.29, 1.82) is 5.26 Å². The average molecular weight is 869 g/mol. The maximum Gasteiger partial charge on any atom is 0.330 e. The number of hydrogen-bond acceptors (Lipinski definition) is 11. The fourth-order valence-electron chi connectivity index (χ4n) is 6.90. The molecule has 2 N–H and O–H groups in total. The Morgan fingerprint density at radius 1 is 0.852 bits per heavy atom. The summed E-state index contributed by atoms with van der Waals surface area (Å²) >= 11 is 4.89. The van der Waals surface area contributed by atoms with Crippen molar-refractivity contribution in [3.63, 3.8) is 0 Å². The molecular weight excluding hydrogens is 812 g/mol. The van der Waals surface area contributed by atoms with E-state index >= 15 is 0 Å². The predicted molar refractivity (Wildman–Crippen MR) is 242 cm³/mol. The first-order valence-electron chi connectivity index (χ1n) is 20.5. The molecule has 1 aromatic heterocycles. The van der Waals surface area contributed by atoms with Crippen LogP contribution in [0.3, 0.4) is 0 Å². The molecule has 0 radical (unpaired) electrons. The van der Waals surface area contributed by atoms with Crippen LogP contribution in [0.15, 0.2) is 125 Å². The lowest BCUT2D eigenvalue weighted by Gasteiger charge is -2.32. The summed E-state index contributed by atoms with van der Waals surface area (Å²) in [6, 6.07) is 38.4. The van der Waals surface area contributed by atoms with E-state index in [-0.39, 0.29) is 30.0 Å². The molecule has 5 atom stereocenters. The highest BCUT2D eigenvalue weighted by atomic mass is 32.1. The molecule has 0 bridgehead atoms. The summed E-state index contributed by atoms with van der Waals surface area (Å²) in [6.45, 7) is 11.1. The van der Waals surface area contributed by atoms with Crippen LogP contribution in [0.25, 0.3) is 0 Å². The van der Waals surface area contributed by atoms with Gasteiger partial charge in [-0.05, 0) is 69.0 Å². The molecule has 1 saturated heterocycles. The minimum atomic E-state index is -1.55. The standard InChI is InChI=1S/C38H38N2O6S.C9H19N2O2P/c1-26-22-40(38(42)39-37(26)41)35-21-34(47)36(46-35)33(19-27-11-5-2-6-12-27)45-25-30-17-31(43-23-28-13-7-3-8-14-28)20-32(18-30)44-24-29-15-9-4-10-16-29;1-8(2)11(9(3)4)14(12)13-7-5-6-10/h2-18,20,22,33-36,47H,19,21,23-25H2,1H3,(H,39,41,42);8-9,12H,5,7H2,1-4H3/t33?,34-,35+,36+;/m0./s1. The Morgan fingerprint density at radius 2 is 1.39 bits per heavy atom. The van der Waals surface area contributed by atoms with Gasteiger partial charge in [-0.1, -0.05) is 91.0 Å². The zero-order valence-electron chi connectivity index (χ0n) is 35.4. The fourth-order valence-corrected chi connectivity index (χ4v) is 8.52. The number of nitriles is 1. The van der Waals surface area contributed by atoms with Gasteiger partial charge in [0.05, 0.1) is 37.9 Å². The van der Waals surface area contributed by atoms with Gasteiger partial charge in [0.2, 0.25) is 0 Å². The molecule has 0 saturated carbocycles. The first-order chi connectivity index (χ1) is 29.4. The third-order valence-corrected chi connectivity index (χ3v) is 12.1. The van der Waals surface area contributed by atoms with Gasteiger partial charge in [-0.25, -0.2) is 9.46 Å². The number of aromatic nitrogens is 2. The molecule has 61 heavy (non-hydrogen) atoms. The van der Waals surface area contributed by atoms with E-state index in [1.165, 1.54) is 4.57 Å². The van der Waals surface area contributed by atoms with Gasteiger partial charge in [0.1, 0.15) is 30.9 Å². The van der Waals surface area contributed by atoms with Crippen LogP contribution in [0.2, 0.25) is 0 Å². The van der Waals surface area contributed by atoms with Crippen LogP contribution in [0.1, 0.15) is 74.6 Å². The fraction of sp³-hybridized carbons (Fsp3) is 0.383. The Morgan fingerprint density at radius 3 is 1.92 bits per heavy atom. The predicted octanol–water partition coefficient (Wildman–Crippen LogP) is 8.67. The van der Waals surface area contributed by atoms with Crippen LogP contribution >= 0.6 is 21.2 Å². The summed E-state index contributed by atoms with van der Waals surface area (Å²) in [4.78, 5) is 36.8. The van der Waals surface area contributed by atoms with Gasteiger partial charge in [0.15, 0.2) is 0 Å². The summed E-state index contributed by atoms with van der Waals surface area (Å²) in [5, 5.41) is 8.11. The van der Waals surface area contributed by atoms with E-state index in [1.54, 1.807) is 13.1 Å². The largest absolute Gasteiger partial charge is 0.489 e. The topological polar surface area (TPSA) is 148 Å². The molecule has 5 aromatic rings. The molecular formula is C47H57N4O8PS. The summed E-state index contributed by atoms with van der Waals surface area (Å²) in [7, 11) is -1.55. The number of ether oxygens (including phenoxy) is 4. The minimum Gasteiger partial charge on any atom is -0.489 e. The molecule has 1 aliphatic rings. The third-order valence-electron chi connectivity index (χ3n) is 9.82. The van der Waals surface area contributed by atoms with E-state index in [2.05, 4.69) is 17.1 Å². The van der Waals surface area contributed by atoms with Gasteiger partial charge in [0.25, 0.3) is 14.1 Å². The van der Waals surface area contributed by atoms with Crippen molar-refractivity contribution in [3.8, 4) is 17.6 Å². The van der Waals surface area contributed by atoms with E-state index in [0.29, 0.717) is 56.1 Å². The number of benzene rings is 4. The number of H-pyrrole nitrogens is 1. The van der Waals surface area contributed by atoms with Crippen molar-refractivity contribution in [1.82, 2.24) is 14.2 Å². The molecule has 1 fully saturated rings. The molecule has 0 aliphatic carbocycles. The van der Waals surface area contributed by atoms with Crippen molar-refractivity contribution in [3.05, 3.63) is 164 Å². The Hall–Kier alpha value is -4.77. The van der Waals surface area contributed by atoms with Crippen molar-refractivity contribution in [2.24, 2.45) is 0 Å². The van der Waals surface area contributed by atoms with Crippen molar-refractivity contribution >= 4 is 21.2 Å². The zero-order valence-corrected chi connectivity index (χ0v) is 37.2. The highest BCUT2D eigenvalue weighted by Crippen LogP contribution is 2.40. The van der Waals surface area contributed by atoms with Crippen LogP contribution in [0.5, 0.6) is 11.5 Å². The number of hydrogen-bond donors (Lipinski definition) is 3. The van der Waals surface area contributed by atoms with Gasteiger partial charge in [-0.3, -0.25) is 14.3 Å². The Bertz CT molecular complexity index is 2170. The molecule has 4 aromatic carbocycles. The Labute approximate surface area is 365 Å². The van der Waals surface area contributed by atoms with Gasteiger partial charge >= 0.3 is 5.69 Å². The van der Waals surface area contributed by atoms with Gasteiger partial charge < -0.3 is 28.4 Å². The molecule has 0 spiro atoms.